The molecule has 3 heteroatoms. The molecule has 1 N–H and O–H groups in total. The average molecular weight is 373 g/mol. The number of unbranched alkanes of at least 4 members (excludes halogenated alkanes) is 11. The lowest BCUT2D eigenvalue weighted by atomic mass is 10.0. The topological polar surface area (TPSA) is 19.7 Å². The number of aromatic amines is 1. The highest BCUT2D eigenvalue weighted by molar-refractivity contribution is 4.93. The van der Waals surface area contributed by atoms with Crippen molar-refractivity contribution in [2.24, 2.45) is 7.05 Å². The fraction of sp³-hybridized carbons (Fsp3) is 0.842. The van der Waals surface area contributed by atoms with Gasteiger partial charge in [0.2, 0.25) is 0 Å². The van der Waals surface area contributed by atoms with Crippen molar-refractivity contribution in [2.45, 2.75) is 97.3 Å². The monoisotopic (exact) mass is 372 g/mol. The van der Waals surface area contributed by atoms with Crippen molar-refractivity contribution in [2.75, 3.05) is 0 Å². The Morgan fingerprint density at radius 3 is 1.68 bits per heavy atom. The summed E-state index contributed by atoms with van der Waals surface area (Å²) < 4.78 is 2.18. The number of imidazole rings is 1. The van der Waals surface area contributed by atoms with E-state index in [4.69, 9.17) is 0 Å². The fourth-order valence-corrected chi connectivity index (χ4v) is 2.97. The van der Waals surface area contributed by atoms with Gasteiger partial charge in [-0.3, -0.25) is 0 Å². The third-order valence-corrected chi connectivity index (χ3v) is 4.52. The minimum absolute atomic E-state index is 0. The molecule has 22 heavy (non-hydrogen) atoms. The number of H-pyrrole nitrogens is 1. The molecule has 0 aliphatic carbocycles. The fourth-order valence-electron chi connectivity index (χ4n) is 2.97. The van der Waals surface area contributed by atoms with E-state index in [-0.39, 0.29) is 17.0 Å². The van der Waals surface area contributed by atoms with Crippen molar-refractivity contribution in [3.8, 4) is 0 Å². The van der Waals surface area contributed by atoms with Gasteiger partial charge in [0.25, 0.3) is 5.82 Å². The minimum Gasteiger partial charge on any atom is -1.00 e. The Hall–Kier alpha value is -0.310. The van der Waals surface area contributed by atoms with Gasteiger partial charge in [0.1, 0.15) is 11.9 Å². The van der Waals surface area contributed by atoms with Crippen LogP contribution >= 0.6 is 0 Å². The smallest absolute Gasteiger partial charge is 0.251 e. The molecule has 0 aliphatic rings. The lowest BCUT2D eigenvalue weighted by Gasteiger charge is -2.02. The van der Waals surface area contributed by atoms with Crippen molar-refractivity contribution in [1.29, 1.82) is 0 Å². The maximum Gasteiger partial charge on any atom is 0.251 e. The number of hydrogen-bond acceptors (Lipinski definition) is 0. The van der Waals surface area contributed by atoms with E-state index in [0.29, 0.717) is 0 Å². The molecule has 0 aliphatic heterocycles. The first kappa shape index (κ1) is 21.7. The Labute approximate surface area is 148 Å². The maximum absolute atomic E-state index is 3.45. The zero-order chi connectivity index (χ0) is 15.3. The predicted molar refractivity (Wildman–Crippen MR) is 91.5 cm³/mol. The molecular weight excluding hydrogens is 336 g/mol. The Morgan fingerprint density at radius 1 is 0.818 bits per heavy atom. The van der Waals surface area contributed by atoms with E-state index in [0.717, 1.165) is 0 Å². The van der Waals surface area contributed by atoms with Crippen molar-refractivity contribution < 1.29 is 21.5 Å². The van der Waals surface area contributed by atoms with Crippen LogP contribution in [0, 0.1) is 6.92 Å². The van der Waals surface area contributed by atoms with Crippen LogP contribution in [0.2, 0.25) is 0 Å². The van der Waals surface area contributed by atoms with Crippen molar-refractivity contribution in [3.05, 3.63) is 17.7 Å². The quantitative estimate of drug-likeness (QED) is 0.405. The van der Waals surface area contributed by atoms with Gasteiger partial charge >= 0.3 is 0 Å². The Bertz CT molecular complexity index is 341. The van der Waals surface area contributed by atoms with Gasteiger partial charge in [-0.2, -0.15) is 0 Å². The molecule has 0 fully saturated rings. The summed E-state index contributed by atoms with van der Waals surface area (Å²) in [5.41, 5.74) is 1.39. The second kappa shape index (κ2) is 14.3. The Morgan fingerprint density at radius 2 is 1.27 bits per heavy atom. The largest absolute Gasteiger partial charge is 1.00 e. The molecular formula is C19H37BrN2. The number of nitrogens with one attached hydrogen (secondary N) is 1. The summed E-state index contributed by atoms with van der Waals surface area (Å²) in [4.78, 5) is 3.45. The molecule has 1 heterocycles. The normalized spacial score (nSPS) is 10.7. The van der Waals surface area contributed by atoms with E-state index >= 15 is 0 Å². The minimum atomic E-state index is 0. The summed E-state index contributed by atoms with van der Waals surface area (Å²) in [6.45, 7) is 4.42. The van der Waals surface area contributed by atoms with Crippen LogP contribution in [0.4, 0.5) is 0 Å². The summed E-state index contributed by atoms with van der Waals surface area (Å²) in [6.07, 6.45) is 20.5. The van der Waals surface area contributed by atoms with Gasteiger partial charge in [-0.15, -0.1) is 0 Å². The van der Waals surface area contributed by atoms with Crippen molar-refractivity contribution in [1.82, 2.24) is 4.98 Å². The molecule has 0 atom stereocenters. The van der Waals surface area contributed by atoms with Crippen LogP contribution in [0.3, 0.4) is 0 Å². The second-order valence-electron chi connectivity index (χ2n) is 6.61. The highest BCUT2D eigenvalue weighted by atomic mass is 79.9. The molecule has 1 aromatic heterocycles. The number of halogens is 1. The van der Waals surface area contributed by atoms with Crippen molar-refractivity contribution in [3.63, 3.8) is 0 Å². The highest BCUT2D eigenvalue weighted by Crippen LogP contribution is 2.12. The lowest BCUT2D eigenvalue weighted by molar-refractivity contribution is -0.676. The molecule has 2 nitrogen and oxygen atoms in total. The van der Waals surface area contributed by atoms with Gasteiger partial charge in [0.15, 0.2) is 0 Å². The second-order valence-corrected chi connectivity index (χ2v) is 6.61. The molecule has 0 spiro atoms. The number of aromatic nitrogens is 2. The highest BCUT2D eigenvalue weighted by Gasteiger charge is 2.06. The molecule has 130 valence electrons. The van der Waals surface area contributed by atoms with Gasteiger partial charge in [-0.05, 0) is 6.42 Å². The van der Waals surface area contributed by atoms with Gasteiger partial charge < -0.3 is 17.0 Å². The Kier molecular flexibility index (Phi) is 14.1. The third kappa shape index (κ3) is 10.4. The van der Waals surface area contributed by atoms with E-state index in [1.807, 2.05) is 0 Å². The van der Waals surface area contributed by atoms with Crippen molar-refractivity contribution >= 4 is 0 Å². The standard InChI is InChI=1S/C19H36N2.BrH/c1-4-5-6-7-8-9-10-11-12-13-14-15-16-19-17-21(3)18(2)20-19;/h17H,4-16H2,1-3H3;1H. The van der Waals surface area contributed by atoms with Gasteiger partial charge in [-0.1, -0.05) is 77.6 Å². The first-order chi connectivity index (χ1) is 10.2. The van der Waals surface area contributed by atoms with Crippen LogP contribution in [0.25, 0.3) is 0 Å². The van der Waals surface area contributed by atoms with E-state index in [1.54, 1.807) is 0 Å². The SMILES string of the molecule is CCCCCCCCCCCCCCc1c[n+](C)c(C)[nH]1.[Br-]. The van der Waals surface area contributed by atoms with Crippen LogP contribution in [0.15, 0.2) is 6.20 Å². The Balaban J connectivity index is 0.00000441. The third-order valence-electron chi connectivity index (χ3n) is 4.52. The molecule has 0 amide bonds. The summed E-state index contributed by atoms with van der Waals surface area (Å²) in [7, 11) is 2.11. The summed E-state index contributed by atoms with van der Waals surface area (Å²) >= 11 is 0. The molecule has 0 bridgehead atoms. The number of hydrogen-bond donors (Lipinski definition) is 1. The lowest BCUT2D eigenvalue weighted by Crippen LogP contribution is -3.00. The van der Waals surface area contributed by atoms with Crippen LogP contribution in [0.1, 0.15) is 95.5 Å². The van der Waals surface area contributed by atoms with Crippen LogP contribution in [-0.2, 0) is 13.5 Å². The van der Waals surface area contributed by atoms with Crippen LogP contribution in [0.5, 0.6) is 0 Å². The molecule has 0 aromatic carbocycles. The zero-order valence-electron chi connectivity index (χ0n) is 15.1. The average Bonchev–Trinajstić information content (AvgIpc) is 2.79. The summed E-state index contributed by atoms with van der Waals surface area (Å²) in [5.74, 6) is 1.25. The predicted octanol–water partition coefficient (Wildman–Crippen LogP) is 2.40. The maximum atomic E-state index is 3.45. The van der Waals surface area contributed by atoms with E-state index in [9.17, 15) is 0 Å². The first-order valence-corrected chi connectivity index (χ1v) is 9.28. The van der Waals surface area contributed by atoms with Gasteiger partial charge in [0, 0.05) is 13.3 Å². The van der Waals surface area contributed by atoms with E-state index < -0.39 is 0 Å². The summed E-state index contributed by atoms with van der Waals surface area (Å²) in [5, 5.41) is 0. The molecule has 0 saturated heterocycles. The zero-order valence-corrected chi connectivity index (χ0v) is 16.7. The summed E-state index contributed by atoms with van der Waals surface area (Å²) in [6, 6.07) is 0. The molecule has 1 aromatic rings. The first-order valence-electron chi connectivity index (χ1n) is 9.28. The van der Waals surface area contributed by atoms with Gasteiger partial charge in [-0.25, -0.2) is 9.55 Å². The molecule has 0 saturated carbocycles. The number of aryl methyl sites for hydroxylation is 3. The van der Waals surface area contributed by atoms with Crippen LogP contribution in [-0.4, -0.2) is 4.98 Å². The number of rotatable bonds is 13. The molecule has 0 unspecified atom stereocenters. The van der Waals surface area contributed by atoms with Gasteiger partial charge in [0.05, 0.1) is 7.05 Å². The molecule has 0 radical (unpaired) electrons. The number of nitrogens with zero attached hydrogens (tertiary/aromatic N) is 1. The molecule has 1 rings (SSSR count). The van der Waals surface area contributed by atoms with E-state index in [2.05, 4.69) is 36.6 Å². The van der Waals surface area contributed by atoms with Crippen LogP contribution < -0.4 is 21.5 Å². The van der Waals surface area contributed by atoms with E-state index in [1.165, 1.54) is 95.0 Å².